The lowest BCUT2D eigenvalue weighted by Crippen LogP contribution is -2.37. The van der Waals surface area contributed by atoms with E-state index in [1.807, 2.05) is 6.92 Å². The molecule has 92 valence electrons. The Balaban J connectivity index is 2.14. The van der Waals surface area contributed by atoms with Gasteiger partial charge in [0, 0.05) is 31.4 Å². The highest BCUT2D eigenvalue weighted by atomic mass is 16.5. The SMILES string of the molecule is CC(=O)Cc1cnc(N2CCOCC2)nc1C. The number of hydrogen-bond acceptors (Lipinski definition) is 5. The van der Waals surface area contributed by atoms with Crippen LogP contribution in [0, 0.1) is 6.92 Å². The van der Waals surface area contributed by atoms with Crippen molar-refractivity contribution in [3.63, 3.8) is 0 Å². The van der Waals surface area contributed by atoms with Crippen molar-refractivity contribution in [1.29, 1.82) is 0 Å². The molecule has 0 atom stereocenters. The van der Waals surface area contributed by atoms with E-state index >= 15 is 0 Å². The smallest absolute Gasteiger partial charge is 0.225 e. The number of aromatic nitrogens is 2. The number of carbonyl (C=O) groups is 1. The molecule has 2 rings (SSSR count). The normalized spacial score (nSPS) is 16.0. The van der Waals surface area contributed by atoms with Gasteiger partial charge in [-0.2, -0.15) is 0 Å². The molecule has 5 heteroatoms. The maximum atomic E-state index is 11.1. The fourth-order valence-corrected chi connectivity index (χ4v) is 1.84. The van der Waals surface area contributed by atoms with Crippen LogP contribution in [0.1, 0.15) is 18.2 Å². The summed E-state index contributed by atoms with van der Waals surface area (Å²) >= 11 is 0. The standard InChI is InChI=1S/C12H17N3O2/c1-9(16)7-11-8-13-12(14-10(11)2)15-3-5-17-6-4-15/h8H,3-7H2,1-2H3. The van der Waals surface area contributed by atoms with E-state index in [1.54, 1.807) is 13.1 Å². The van der Waals surface area contributed by atoms with E-state index in [2.05, 4.69) is 14.9 Å². The Labute approximate surface area is 101 Å². The fraction of sp³-hybridized carbons (Fsp3) is 0.583. The number of ketones is 1. The first-order valence-electron chi connectivity index (χ1n) is 5.81. The second-order valence-electron chi connectivity index (χ2n) is 4.26. The Morgan fingerprint density at radius 2 is 2.18 bits per heavy atom. The zero-order valence-corrected chi connectivity index (χ0v) is 10.3. The molecule has 0 radical (unpaired) electrons. The van der Waals surface area contributed by atoms with Gasteiger partial charge in [0.05, 0.1) is 13.2 Å². The van der Waals surface area contributed by atoms with Crippen LogP contribution in [0.25, 0.3) is 0 Å². The largest absolute Gasteiger partial charge is 0.378 e. The van der Waals surface area contributed by atoms with Crippen molar-refractivity contribution in [2.45, 2.75) is 20.3 Å². The maximum absolute atomic E-state index is 11.1. The molecule has 0 bridgehead atoms. The van der Waals surface area contributed by atoms with Crippen LogP contribution in [0.15, 0.2) is 6.20 Å². The van der Waals surface area contributed by atoms with Crippen molar-refractivity contribution in [2.75, 3.05) is 31.2 Å². The molecular formula is C12H17N3O2. The minimum Gasteiger partial charge on any atom is -0.378 e. The molecular weight excluding hydrogens is 218 g/mol. The van der Waals surface area contributed by atoms with Gasteiger partial charge in [0.25, 0.3) is 0 Å². The number of anilines is 1. The molecule has 1 aromatic heterocycles. The number of carbonyl (C=O) groups excluding carboxylic acids is 1. The molecule has 1 aliphatic rings. The van der Waals surface area contributed by atoms with E-state index in [0.717, 1.165) is 43.5 Å². The molecule has 0 aliphatic carbocycles. The van der Waals surface area contributed by atoms with Crippen LogP contribution in [0.3, 0.4) is 0 Å². The van der Waals surface area contributed by atoms with Gasteiger partial charge in [-0.1, -0.05) is 0 Å². The minimum absolute atomic E-state index is 0.135. The van der Waals surface area contributed by atoms with Crippen molar-refractivity contribution in [3.05, 3.63) is 17.5 Å². The second-order valence-corrected chi connectivity index (χ2v) is 4.26. The second kappa shape index (κ2) is 5.23. The van der Waals surface area contributed by atoms with Crippen LogP contribution >= 0.6 is 0 Å². The summed E-state index contributed by atoms with van der Waals surface area (Å²) in [6, 6.07) is 0. The van der Waals surface area contributed by atoms with E-state index in [0.29, 0.717) is 6.42 Å². The van der Waals surface area contributed by atoms with Gasteiger partial charge < -0.3 is 9.64 Å². The van der Waals surface area contributed by atoms with E-state index < -0.39 is 0 Å². The van der Waals surface area contributed by atoms with Gasteiger partial charge >= 0.3 is 0 Å². The molecule has 0 saturated carbocycles. The van der Waals surface area contributed by atoms with Crippen LogP contribution < -0.4 is 4.90 Å². The van der Waals surface area contributed by atoms with Crippen LogP contribution in [0.4, 0.5) is 5.95 Å². The molecule has 1 aliphatic heterocycles. The Morgan fingerprint density at radius 3 is 2.76 bits per heavy atom. The number of Topliss-reactive ketones (excluding diaryl/α,β-unsaturated/α-hetero) is 1. The Kier molecular flexibility index (Phi) is 3.68. The van der Waals surface area contributed by atoms with Gasteiger partial charge in [0.15, 0.2) is 0 Å². The lowest BCUT2D eigenvalue weighted by Gasteiger charge is -2.27. The molecule has 0 aromatic carbocycles. The summed E-state index contributed by atoms with van der Waals surface area (Å²) in [6.07, 6.45) is 2.17. The summed E-state index contributed by atoms with van der Waals surface area (Å²) in [5.74, 6) is 0.869. The van der Waals surface area contributed by atoms with Crippen molar-refractivity contribution >= 4 is 11.7 Å². The maximum Gasteiger partial charge on any atom is 0.225 e. The highest BCUT2D eigenvalue weighted by Gasteiger charge is 2.14. The van der Waals surface area contributed by atoms with Gasteiger partial charge in [0.1, 0.15) is 5.78 Å². The number of ether oxygens (including phenoxy) is 1. The van der Waals surface area contributed by atoms with Gasteiger partial charge in [-0.3, -0.25) is 4.79 Å². The van der Waals surface area contributed by atoms with Gasteiger partial charge in [-0.15, -0.1) is 0 Å². The van der Waals surface area contributed by atoms with Gasteiger partial charge in [0.2, 0.25) is 5.95 Å². The molecule has 1 aromatic rings. The molecule has 2 heterocycles. The summed E-state index contributed by atoms with van der Waals surface area (Å²) < 4.78 is 5.29. The first-order chi connectivity index (χ1) is 8.16. The molecule has 0 spiro atoms. The lowest BCUT2D eigenvalue weighted by molar-refractivity contribution is -0.116. The van der Waals surface area contributed by atoms with E-state index in [4.69, 9.17) is 4.74 Å². The number of hydrogen-bond donors (Lipinski definition) is 0. The van der Waals surface area contributed by atoms with E-state index in [1.165, 1.54) is 0 Å². The number of rotatable bonds is 3. The molecule has 17 heavy (non-hydrogen) atoms. The number of nitrogens with zero attached hydrogens (tertiary/aromatic N) is 3. The third kappa shape index (κ3) is 3.00. The van der Waals surface area contributed by atoms with Crippen molar-refractivity contribution in [3.8, 4) is 0 Å². The first-order valence-corrected chi connectivity index (χ1v) is 5.81. The first kappa shape index (κ1) is 12.0. The average molecular weight is 235 g/mol. The monoisotopic (exact) mass is 235 g/mol. The van der Waals surface area contributed by atoms with Crippen LogP contribution in [0.2, 0.25) is 0 Å². The lowest BCUT2D eigenvalue weighted by atomic mass is 10.1. The summed E-state index contributed by atoms with van der Waals surface area (Å²) in [4.78, 5) is 22.0. The minimum atomic E-state index is 0.135. The molecule has 0 unspecified atom stereocenters. The fourth-order valence-electron chi connectivity index (χ4n) is 1.84. The predicted octanol–water partition coefficient (Wildman–Crippen LogP) is 0.753. The van der Waals surface area contributed by atoms with Gasteiger partial charge in [-0.05, 0) is 19.4 Å². The Morgan fingerprint density at radius 1 is 1.47 bits per heavy atom. The molecule has 0 amide bonds. The van der Waals surface area contributed by atoms with Gasteiger partial charge in [-0.25, -0.2) is 9.97 Å². The highest BCUT2D eigenvalue weighted by Crippen LogP contribution is 2.13. The molecule has 0 N–H and O–H groups in total. The number of aryl methyl sites for hydroxylation is 1. The predicted molar refractivity (Wildman–Crippen MR) is 64.2 cm³/mol. The Hall–Kier alpha value is -1.49. The van der Waals surface area contributed by atoms with Crippen molar-refractivity contribution in [2.24, 2.45) is 0 Å². The summed E-state index contributed by atoms with van der Waals surface area (Å²) in [7, 11) is 0. The zero-order valence-electron chi connectivity index (χ0n) is 10.3. The van der Waals surface area contributed by atoms with Crippen LogP contribution in [-0.2, 0) is 16.0 Å². The molecule has 5 nitrogen and oxygen atoms in total. The highest BCUT2D eigenvalue weighted by molar-refractivity contribution is 5.78. The zero-order chi connectivity index (χ0) is 12.3. The Bertz CT molecular complexity index is 414. The average Bonchev–Trinajstić information content (AvgIpc) is 2.32. The molecule has 1 fully saturated rings. The third-order valence-corrected chi connectivity index (χ3v) is 2.80. The summed E-state index contributed by atoms with van der Waals surface area (Å²) in [5, 5.41) is 0. The van der Waals surface area contributed by atoms with Crippen molar-refractivity contribution < 1.29 is 9.53 Å². The van der Waals surface area contributed by atoms with E-state index in [-0.39, 0.29) is 5.78 Å². The van der Waals surface area contributed by atoms with Crippen molar-refractivity contribution in [1.82, 2.24) is 9.97 Å². The van der Waals surface area contributed by atoms with Crippen LogP contribution in [0.5, 0.6) is 0 Å². The van der Waals surface area contributed by atoms with Crippen LogP contribution in [-0.4, -0.2) is 42.1 Å². The topological polar surface area (TPSA) is 55.3 Å². The quantitative estimate of drug-likeness (QED) is 0.774. The molecule has 1 saturated heterocycles. The summed E-state index contributed by atoms with van der Waals surface area (Å²) in [6.45, 7) is 6.59. The number of morpholine rings is 1. The van der Waals surface area contributed by atoms with E-state index in [9.17, 15) is 4.79 Å². The third-order valence-electron chi connectivity index (χ3n) is 2.80. The summed E-state index contributed by atoms with van der Waals surface area (Å²) in [5.41, 5.74) is 1.80.